The van der Waals surface area contributed by atoms with E-state index in [2.05, 4.69) is 20.9 Å². The van der Waals surface area contributed by atoms with Gasteiger partial charge in [0.15, 0.2) is 0 Å². The normalized spacial score (nSPS) is 10.6. The maximum Gasteiger partial charge on any atom is 0.342 e. The zero-order chi connectivity index (χ0) is 11.7. The standard InChI is InChI=1S/C11H11BrN2O2/c1-2-16-11(15)9-7-4-3-6(12)5-8(7)14-10(9)13/h3-5,14H,2,13H2,1H3. The van der Waals surface area contributed by atoms with Crippen LogP contribution >= 0.6 is 15.9 Å². The smallest absolute Gasteiger partial charge is 0.342 e. The van der Waals surface area contributed by atoms with E-state index in [1.54, 1.807) is 6.92 Å². The lowest BCUT2D eigenvalue weighted by molar-refractivity contribution is 0.0530. The summed E-state index contributed by atoms with van der Waals surface area (Å²) in [4.78, 5) is 14.6. The van der Waals surface area contributed by atoms with E-state index in [0.717, 1.165) is 15.4 Å². The fraction of sp³-hybridized carbons (Fsp3) is 0.182. The minimum Gasteiger partial charge on any atom is -0.462 e. The number of anilines is 1. The van der Waals surface area contributed by atoms with Gasteiger partial charge in [-0.2, -0.15) is 0 Å². The number of ether oxygens (including phenoxy) is 1. The average molecular weight is 283 g/mol. The Kier molecular flexibility index (Phi) is 2.87. The Morgan fingerprint density at radius 1 is 1.56 bits per heavy atom. The summed E-state index contributed by atoms with van der Waals surface area (Å²) < 4.78 is 5.88. The molecule has 84 valence electrons. The summed E-state index contributed by atoms with van der Waals surface area (Å²) in [7, 11) is 0. The summed E-state index contributed by atoms with van der Waals surface area (Å²) in [5.74, 6) is -0.0554. The molecule has 0 aliphatic carbocycles. The molecule has 3 N–H and O–H groups in total. The molecular weight excluding hydrogens is 272 g/mol. The molecule has 0 radical (unpaired) electrons. The summed E-state index contributed by atoms with van der Waals surface area (Å²) in [6.45, 7) is 2.10. The molecule has 0 spiro atoms. The Labute approximate surface area is 101 Å². The zero-order valence-electron chi connectivity index (χ0n) is 8.71. The van der Waals surface area contributed by atoms with Crippen molar-refractivity contribution in [1.82, 2.24) is 4.98 Å². The first-order valence-electron chi connectivity index (χ1n) is 4.87. The number of fused-ring (bicyclic) bond motifs is 1. The topological polar surface area (TPSA) is 68.1 Å². The summed E-state index contributed by atoms with van der Waals surface area (Å²) in [5, 5.41) is 0.777. The van der Waals surface area contributed by atoms with Crippen molar-refractivity contribution >= 4 is 38.6 Å². The van der Waals surface area contributed by atoms with Crippen LogP contribution in [0.3, 0.4) is 0 Å². The van der Waals surface area contributed by atoms with Gasteiger partial charge >= 0.3 is 5.97 Å². The Hall–Kier alpha value is -1.49. The monoisotopic (exact) mass is 282 g/mol. The van der Waals surface area contributed by atoms with Gasteiger partial charge in [0.25, 0.3) is 0 Å². The zero-order valence-corrected chi connectivity index (χ0v) is 10.3. The van der Waals surface area contributed by atoms with Gasteiger partial charge in [0, 0.05) is 15.4 Å². The van der Waals surface area contributed by atoms with Crippen LogP contribution in [0.25, 0.3) is 10.9 Å². The number of halogens is 1. The molecular formula is C11H11BrN2O2. The molecule has 1 aromatic heterocycles. The van der Waals surface area contributed by atoms with Crippen LogP contribution in [0.15, 0.2) is 22.7 Å². The fourth-order valence-electron chi connectivity index (χ4n) is 1.61. The third-order valence-electron chi connectivity index (χ3n) is 2.27. The van der Waals surface area contributed by atoms with Crippen molar-refractivity contribution < 1.29 is 9.53 Å². The van der Waals surface area contributed by atoms with E-state index in [1.807, 2.05) is 18.2 Å². The highest BCUT2D eigenvalue weighted by atomic mass is 79.9. The van der Waals surface area contributed by atoms with Crippen LogP contribution in [-0.4, -0.2) is 17.6 Å². The molecule has 0 unspecified atom stereocenters. The highest BCUT2D eigenvalue weighted by molar-refractivity contribution is 9.10. The van der Waals surface area contributed by atoms with Crippen LogP contribution in [0.1, 0.15) is 17.3 Å². The molecule has 1 heterocycles. The highest BCUT2D eigenvalue weighted by Gasteiger charge is 2.17. The van der Waals surface area contributed by atoms with Crippen molar-refractivity contribution in [2.45, 2.75) is 6.92 Å². The lowest BCUT2D eigenvalue weighted by Gasteiger charge is -2.00. The maximum atomic E-state index is 11.7. The summed E-state index contributed by atoms with van der Waals surface area (Å²) in [6, 6.07) is 5.56. The lowest BCUT2D eigenvalue weighted by atomic mass is 10.1. The number of aromatic amines is 1. The summed E-state index contributed by atoms with van der Waals surface area (Å²) in [5.41, 5.74) is 6.98. The number of esters is 1. The van der Waals surface area contributed by atoms with Gasteiger partial charge < -0.3 is 15.5 Å². The third kappa shape index (κ3) is 1.78. The van der Waals surface area contributed by atoms with Crippen molar-refractivity contribution in [1.29, 1.82) is 0 Å². The van der Waals surface area contributed by atoms with Crippen molar-refractivity contribution in [2.24, 2.45) is 0 Å². The molecule has 5 heteroatoms. The fourth-order valence-corrected chi connectivity index (χ4v) is 1.97. The molecule has 0 amide bonds. The third-order valence-corrected chi connectivity index (χ3v) is 2.76. The lowest BCUT2D eigenvalue weighted by Crippen LogP contribution is -2.06. The number of hydrogen-bond donors (Lipinski definition) is 2. The first-order valence-corrected chi connectivity index (χ1v) is 5.66. The van der Waals surface area contributed by atoms with Gasteiger partial charge in [-0.05, 0) is 19.1 Å². The number of benzene rings is 1. The number of rotatable bonds is 2. The molecule has 0 aliphatic heterocycles. The number of aromatic nitrogens is 1. The first kappa shape index (κ1) is 11.0. The van der Waals surface area contributed by atoms with E-state index in [9.17, 15) is 4.79 Å². The van der Waals surface area contributed by atoms with Crippen LogP contribution in [-0.2, 0) is 4.74 Å². The van der Waals surface area contributed by atoms with Gasteiger partial charge in [-0.25, -0.2) is 4.79 Å². The van der Waals surface area contributed by atoms with Crippen molar-refractivity contribution in [2.75, 3.05) is 12.3 Å². The van der Waals surface area contributed by atoms with Gasteiger partial charge in [0.2, 0.25) is 0 Å². The van der Waals surface area contributed by atoms with Crippen molar-refractivity contribution in [3.8, 4) is 0 Å². The molecule has 0 fully saturated rings. The quantitative estimate of drug-likeness (QED) is 0.832. The summed E-state index contributed by atoms with van der Waals surface area (Å²) in [6.07, 6.45) is 0. The van der Waals surface area contributed by atoms with Gasteiger partial charge in [-0.3, -0.25) is 0 Å². The molecule has 0 saturated heterocycles. The van der Waals surface area contributed by atoms with Crippen LogP contribution < -0.4 is 5.73 Å². The highest BCUT2D eigenvalue weighted by Crippen LogP contribution is 2.27. The van der Waals surface area contributed by atoms with E-state index >= 15 is 0 Å². The van der Waals surface area contributed by atoms with Gasteiger partial charge in [0.05, 0.1) is 6.61 Å². The van der Waals surface area contributed by atoms with E-state index in [4.69, 9.17) is 10.5 Å². The minimum absolute atomic E-state index is 0.335. The van der Waals surface area contributed by atoms with Gasteiger partial charge in [-0.15, -0.1) is 0 Å². The number of nitrogen functional groups attached to an aromatic ring is 1. The van der Waals surface area contributed by atoms with Crippen molar-refractivity contribution in [3.63, 3.8) is 0 Å². The molecule has 16 heavy (non-hydrogen) atoms. The molecule has 0 atom stereocenters. The second-order valence-electron chi connectivity index (χ2n) is 3.32. The number of carbonyl (C=O) groups is 1. The number of carbonyl (C=O) groups excluding carboxylic acids is 1. The van der Waals surface area contributed by atoms with Crippen molar-refractivity contribution in [3.05, 3.63) is 28.2 Å². The average Bonchev–Trinajstić information content (AvgIpc) is 2.53. The van der Waals surface area contributed by atoms with E-state index in [1.165, 1.54) is 0 Å². The molecule has 1 aromatic carbocycles. The Balaban J connectivity index is 2.60. The number of nitrogens with two attached hydrogens (primary N) is 1. The Morgan fingerprint density at radius 2 is 2.31 bits per heavy atom. The minimum atomic E-state index is -0.395. The maximum absolute atomic E-state index is 11.7. The molecule has 2 aromatic rings. The molecule has 4 nitrogen and oxygen atoms in total. The van der Waals surface area contributed by atoms with Crippen LogP contribution in [0.5, 0.6) is 0 Å². The van der Waals surface area contributed by atoms with E-state index < -0.39 is 5.97 Å². The largest absolute Gasteiger partial charge is 0.462 e. The molecule has 0 aliphatic rings. The molecule has 0 saturated carbocycles. The van der Waals surface area contributed by atoms with Gasteiger partial charge in [0.1, 0.15) is 11.4 Å². The van der Waals surface area contributed by atoms with Crippen LogP contribution in [0, 0.1) is 0 Å². The van der Waals surface area contributed by atoms with Crippen LogP contribution in [0.2, 0.25) is 0 Å². The predicted molar refractivity (Wildman–Crippen MR) is 66.4 cm³/mol. The van der Waals surface area contributed by atoms with Gasteiger partial charge in [-0.1, -0.05) is 22.0 Å². The Morgan fingerprint density at radius 3 is 3.00 bits per heavy atom. The molecule has 0 bridgehead atoms. The van der Waals surface area contributed by atoms with E-state index in [-0.39, 0.29) is 0 Å². The summed E-state index contributed by atoms with van der Waals surface area (Å²) >= 11 is 3.36. The number of hydrogen-bond acceptors (Lipinski definition) is 3. The van der Waals surface area contributed by atoms with Crippen LogP contribution in [0.4, 0.5) is 5.82 Å². The second kappa shape index (κ2) is 4.17. The predicted octanol–water partition coefficient (Wildman–Crippen LogP) is 2.69. The van der Waals surface area contributed by atoms with E-state index in [0.29, 0.717) is 18.0 Å². The first-order chi connectivity index (χ1) is 7.63. The Bertz CT molecular complexity index is 548. The number of H-pyrrole nitrogens is 1. The molecule has 2 rings (SSSR count). The second-order valence-corrected chi connectivity index (χ2v) is 4.24. The number of nitrogens with one attached hydrogen (secondary N) is 1. The SMILES string of the molecule is CCOC(=O)c1c(N)[nH]c2cc(Br)ccc12.